The first-order chi connectivity index (χ1) is 6.88. The summed E-state index contributed by atoms with van der Waals surface area (Å²) < 4.78 is 0. The van der Waals surface area contributed by atoms with Crippen LogP contribution in [0, 0.1) is 0 Å². The molecule has 0 radical (unpaired) electrons. The Balaban J connectivity index is 0. The van der Waals surface area contributed by atoms with E-state index in [2.05, 4.69) is 44.4 Å². The summed E-state index contributed by atoms with van der Waals surface area (Å²) in [6.45, 7) is 9.76. The maximum atomic E-state index is 10.4. The maximum absolute atomic E-state index is 10.4. The lowest BCUT2D eigenvalue weighted by Crippen LogP contribution is -2.38. The number of rotatable bonds is 4. The molecule has 0 saturated carbocycles. The van der Waals surface area contributed by atoms with Gasteiger partial charge >= 0.3 is 6.09 Å². The molecule has 6 heteroatoms. The van der Waals surface area contributed by atoms with Crippen molar-refractivity contribution in [2.24, 2.45) is 0 Å². The molecule has 0 aliphatic rings. The highest BCUT2D eigenvalue weighted by molar-refractivity contribution is 7.81. The molecular weight excluding hydrogens is 232 g/mol. The minimum Gasteiger partial charge on any atom is -0.465 e. The minimum atomic E-state index is -0.995. The van der Waals surface area contributed by atoms with Gasteiger partial charge in [0, 0.05) is 0 Å². The third kappa shape index (κ3) is 10.2. The lowest BCUT2D eigenvalue weighted by atomic mass is 10.5. The third-order valence-electron chi connectivity index (χ3n) is 1.53. The molecule has 0 fully saturated rings. The Morgan fingerprint density at radius 3 is 1.60 bits per heavy atom. The van der Waals surface area contributed by atoms with Gasteiger partial charge in [0.2, 0.25) is 0 Å². The summed E-state index contributed by atoms with van der Waals surface area (Å²) in [6, 6.07) is 0. The number of nitrogens with zero attached hydrogens (tertiary/aromatic N) is 1. The zero-order chi connectivity index (χ0) is 12.4. The molecule has 15 heavy (non-hydrogen) atoms. The molecule has 0 heterocycles. The summed E-state index contributed by atoms with van der Waals surface area (Å²) >= 11 is 7.94. The molecule has 0 aromatic rings. The molecule has 4 nitrogen and oxygen atoms in total. The van der Waals surface area contributed by atoms with Gasteiger partial charge in [-0.2, -0.15) is 25.3 Å². The second-order valence-corrected chi connectivity index (χ2v) is 4.41. The van der Waals surface area contributed by atoms with Crippen LogP contribution in [0.3, 0.4) is 0 Å². The average Bonchev–Trinajstić information content (AvgIpc) is 2.03. The van der Waals surface area contributed by atoms with Gasteiger partial charge in [-0.15, -0.1) is 0 Å². The van der Waals surface area contributed by atoms with Crippen molar-refractivity contribution in [2.45, 2.75) is 38.4 Å². The van der Waals surface area contributed by atoms with Crippen molar-refractivity contribution in [1.82, 2.24) is 10.2 Å². The van der Waals surface area contributed by atoms with Crippen molar-refractivity contribution in [3.8, 4) is 0 Å². The summed E-state index contributed by atoms with van der Waals surface area (Å²) in [5.41, 5.74) is 0. The Hall–Kier alpha value is -0.0700. The number of hydrogen-bond donors (Lipinski definition) is 4. The molecule has 0 spiro atoms. The average molecular weight is 254 g/mol. The molecule has 0 rings (SSSR count). The smallest absolute Gasteiger partial charge is 0.409 e. The minimum absolute atomic E-state index is 0.315. The number of thiol groups is 2. The molecule has 0 bridgehead atoms. The van der Waals surface area contributed by atoms with Crippen LogP contribution in [0.25, 0.3) is 0 Å². The highest BCUT2D eigenvalue weighted by atomic mass is 32.1. The van der Waals surface area contributed by atoms with Gasteiger partial charge in [-0.1, -0.05) is 13.8 Å². The van der Waals surface area contributed by atoms with Crippen LogP contribution in [0.5, 0.6) is 0 Å². The first kappa shape index (κ1) is 17.3. The van der Waals surface area contributed by atoms with Gasteiger partial charge in [-0.25, -0.2) is 4.79 Å². The van der Waals surface area contributed by atoms with Crippen molar-refractivity contribution in [2.75, 3.05) is 13.1 Å². The number of amides is 1. The zero-order valence-corrected chi connectivity index (χ0v) is 11.6. The normalized spacial score (nSPS) is 13.5. The van der Waals surface area contributed by atoms with Crippen LogP contribution in [-0.4, -0.2) is 39.9 Å². The summed E-state index contributed by atoms with van der Waals surface area (Å²) in [5.74, 6) is 0. The Labute approximate surface area is 103 Å². The predicted octanol–water partition coefficient (Wildman–Crippen LogP) is 2.13. The van der Waals surface area contributed by atoms with E-state index < -0.39 is 6.09 Å². The first-order valence-electron chi connectivity index (χ1n) is 4.96. The second kappa shape index (κ2) is 10.4. The standard InChI is InChI=1S/C5H11NO2S2.C4H11N/c1-3(9)6(4(2)10)5(7)8;1-3-5-4-2/h3-4,9-10H,1-2H3,(H,7,8);5H,3-4H2,1-2H3. The Kier molecular flexibility index (Phi) is 12.1. The predicted molar refractivity (Wildman–Crippen MR) is 71.0 cm³/mol. The fourth-order valence-electron chi connectivity index (χ4n) is 0.882. The Morgan fingerprint density at radius 1 is 1.27 bits per heavy atom. The van der Waals surface area contributed by atoms with E-state index in [1.165, 1.54) is 0 Å². The summed E-state index contributed by atoms with van der Waals surface area (Å²) in [6.07, 6.45) is -0.995. The lowest BCUT2D eigenvalue weighted by Gasteiger charge is -2.25. The van der Waals surface area contributed by atoms with Gasteiger partial charge in [0.25, 0.3) is 0 Å². The summed E-state index contributed by atoms with van der Waals surface area (Å²) in [7, 11) is 0. The molecule has 0 aliphatic carbocycles. The number of hydrogen-bond acceptors (Lipinski definition) is 4. The van der Waals surface area contributed by atoms with Gasteiger partial charge in [-0.05, 0) is 26.9 Å². The fourth-order valence-corrected chi connectivity index (χ4v) is 1.58. The summed E-state index contributed by atoms with van der Waals surface area (Å²) in [4.78, 5) is 11.6. The van der Waals surface area contributed by atoms with Crippen molar-refractivity contribution in [1.29, 1.82) is 0 Å². The van der Waals surface area contributed by atoms with Crippen LogP contribution < -0.4 is 5.32 Å². The molecular formula is C9H22N2O2S2. The molecule has 2 unspecified atom stereocenters. The van der Waals surface area contributed by atoms with Crippen LogP contribution in [0.4, 0.5) is 4.79 Å². The molecule has 0 aromatic carbocycles. The van der Waals surface area contributed by atoms with Gasteiger partial charge in [-0.3, -0.25) is 4.90 Å². The van der Waals surface area contributed by atoms with E-state index in [0.29, 0.717) is 0 Å². The van der Waals surface area contributed by atoms with E-state index in [1.54, 1.807) is 13.8 Å². The first-order valence-corrected chi connectivity index (χ1v) is 5.99. The Bertz CT molecular complexity index is 156. The molecule has 2 atom stereocenters. The largest absolute Gasteiger partial charge is 0.465 e. The molecule has 0 aromatic heterocycles. The van der Waals surface area contributed by atoms with Crippen molar-refractivity contribution in [3.63, 3.8) is 0 Å². The van der Waals surface area contributed by atoms with Crippen LogP contribution >= 0.6 is 25.3 Å². The molecule has 2 N–H and O–H groups in total. The fraction of sp³-hybridized carbons (Fsp3) is 0.889. The van der Waals surface area contributed by atoms with Gasteiger partial charge in [0.15, 0.2) is 0 Å². The number of carbonyl (C=O) groups is 1. The van der Waals surface area contributed by atoms with Gasteiger partial charge in [0.1, 0.15) is 0 Å². The van der Waals surface area contributed by atoms with E-state index >= 15 is 0 Å². The van der Waals surface area contributed by atoms with E-state index in [-0.39, 0.29) is 10.7 Å². The quantitative estimate of drug-likeness (QED) is 0.459. The number of carboxylic acid groups (broad SMARTS) is 1. The third-order valence-corrected chi connectivity index (χ3v) is 2.02. The van der Waals surface area contributed by atoms with Crippen molar-refractivity contribution in [3.05, 3.63) is 0 Å². The van der Waals surface area contributed by atoms with Gasteiger partial charge in [0.05, 0.1) is 10.7 Å². The SMILES string of the molecule is CC(S)N(C(=O)O)C(C)S.CCNCC. The van der Waals surface area contributed by atoms with E-state index in [1.807, 2.05) is 0 Å². The highest BCUT2D eigenvalue weighted by Crippen LogP contribution is 2.10. The Morgan fingerprint density at radius 2 is 1.60 bits per heavy atom. The maximum Gasteiger partial charge on any atom is 0.409 e. The van der Waals surface area contributed by atoms with Crippen molar-refractivity contribution >= 4 is 31.4 Å². The molecule has 0 saturated heterocycles. The molecule has 1 amide bonds. The summed E-state index contributed by atoms with van der Waals surface area (Å²) in [5, 5.41) is 11.0. The molecule has 0 aliphatic heterocycles. The van der Waals surface area contributed by atoms with Crippen LogP contribution in [-0.2, 0) is 0 Å². The van der Waals surface area contributed by atoms with Crippen LogP contribution in [0.1, 0.15) is 27.7 Å². The van der Waals surface area contributed by atoms with Crippen molar-refractivity contribution < 1.29 is 9.90 Å². The lowest BCUT2D eigenvalue weighted by molar-refractivity contribution is 0.141. The van der Waals surface area contributed by atoms with E-state index in [9.17, 15) is 4.79 Å². The number of nitrogens with one attached hydrogen (secondary N) is 1. The highest BCUT2D eigenvalue weighted by Gasteiger charge is 2.19. The van der Waals surface area contributed by atoms with Crippen LogP contribution in [0.2, 0.25) is 0 Å². The zero-order valence-electron chi connectivity index (χ0n) is 9.77. The van der Waals surface area contributed by atoms with E-state index in [4.69, 9.17) is 5.11 Å². The van der Waals surface area contributed by atoms with Crippen LogP contribution in [0.15, 0.2) is 0 Å². The molecule has 92 valence electrons. The monoisotopic (exact) mass is 254 g/mol. The topological polar surface area (TPSA) is 52.6 Å². The second-order valence-electron chi connectivity index (χ2n) is 2.91. The van der Waals surface area contributed by atoms with Gasteiger partial charge < -0.3 is 10.4 Å². The van der Waals surface area contributed by atoms with E-state index in [0.717, 1.165) is 18.0 Å².